The molecular formula is C26H25ClN2O2S. The van der Waals surface area contributed by atoms with Crippen molar-refractivity contribution in [1.29, 1.82) is 0 Å². The molecule has 2 amide bonds. The SMILES string of the molecule is CC(C)CCNC(=O)c1ccc2c(c1)N(Cc1ccccc1Cl)C(=O)c1ccccc1S2. The molecule has 1 aliphatic rings. The molecule has 3 aromatic rings. The average molecular weight is 465 g/mol. The third kappa shape index (κ3) is 4.84. The van der Waals surface area contributed by atoms with Crippen LogP contribution >= 0.6 is 23.4 Å². The maximum absolute atomic E-state index is 13.6. The summed E-state index contributed by atoms with van der Waals surface area (Å²) in [7, 11) is 0. The normalized spacial score (nSPS) is 12.9. The molecule has 1 aliphatic heterocycles. The highest BCUT2D eigenvalue weighted by molar-refractivity contribution is 7.99. The number of rotatable bonds is 6. The van der Waals surface area contributed by atoms with Crippen LogP contribution in [0.3, 0.4) is 0 Å². The van der Waals surface area contributed by atoms with Gasteiger partial charge in [0.15, 0.2) is 0 Å². The van der Waals surface area contributed by atoms with E-state index in [1.165, 1.54) is 0 Å². The van der Waals surface area contributed by atoms with Gasteiger partial charge in [0.25, 0.3) is 11.8 Å². The van der Waals surface area contributed by atoms with Gasteiger partial charge in [0.2, 0.25) is 0 Å². The molecule has 0 spiro atoms. The first-order chi connectivity index (χ1) is 15.4. The number of benzene rings is 3. The smallest absolute Gasteiger partial charge is 0.259 e. The Labute approximate surface area is 198 Å². The second-order valence-electron chi connectivity index (χ2n) is 8.20. The Morgan fingerprint density at radius 1 is 1.03 bits per heavy atom. The molecule has 0 fully saturated rings. The molecule has 0 aromatic heterocycles. The van der Waals surface area contributed by atoms with E-state index in [-0.39, 0.29) is 11.8 Å². The van der Waals surface area contributed by atoms with Crippen LogP contribution in [0.1, 0.15) is 46.5 Å². The Kier molecular flexibility index (Phi) is 6.87. The van der Waals surface area contributed by atoms with Gasteiger partial charge in [-0.2, -0.15) is 0 Å². The van der Waals surface area contributed by atoms with Crippen molar-refractivity contribution in [2.45, 2.75) is 36.6 Å². The third-order valence-electron chi connectivity index (χ3n) is 5.39. The number of nitrogens with one attached hydrogen (secondary N) is 1. The summed E-state index contributed by atoms with van der Waals surface area (Å²) in [5.74, 6) is 0.274. The number of nitrogens with zero attached hydrogens (tertiary/aromatic N) is 1. The van der Waals surface area contributed by atoms with Gasteiger partial charge in [0.1, 0.15) is 0 Å². The van der Waals surface area contributed by atoms with Crippen molar-refractivity contribution in [3.63, 3.8) is 0 Å². The minimum Gasteiger partial charge on any atom is -0.352 e. The Balaban J connectivity index is 1.73. The van der Waals surface area contributed by atoms with E-state index in [1.807, 2.05) is 66.7 Å². The zero-order valence-electron chi connectivity index (χ0n) is 18.1. The van der Waals surface area contributed by atoms with Crippen LogP contribution in [0.2, 0.25) is 5.02 Å². The van der Waals surface area contributed by atoms with Crippen molar-refractivity contribution in [3.8, 4) is 0 Å². The largest absolute Gasteiger partial charge is 0.352 e. The summed E-state index contributed by atoms with van der Waals surface area (Å²) in [6.45, 7) is 5.19. The summed E-state index contributed by atoms with van der Waals surface area (Å²) in [6.07, 6.45) is 0.916. The lowest BCUT2D eigenvalue weighted by atomic mass is 10.1. The van der Waals surface area contributed by atoms with Crippen LogP contribution in [0.25, 0.3) is 0 Å². The molecule has 0 saturated heterocycles. The summed E-state index contributed by atoms with van der Waals surface area (Å²) < 4.78 is 0. The molecule has 0 unspecified atom stereocenters. The molecule has 4 rings (SSSR count). The maximum Gasteiger partial charge on any atom is 0.259 e. The molecule has 32 heavy (non-hydrogen) atoms. The zero-order valence-corrected chi connectivity index (χ0v) is 19.7. The molecule has 3 aromatic carbocycles. The molecule has 6 heteroatoms. The predicted molar refractivity (Wildman–Crippen MR) is 131 cm³/mol. The van der Waals surface area contributed by atoms with E-state index in [2.05, 4.69) is 19.2 Å². The van der Waals surface area contributed by atoms with Gasteiger partial charge in [-0.15, -0.1) is 0 Å². The second-order valence-corrected chi connectivity index (χ2v) is 9.69. The van der Waals surface area contributed by atoms with Gasteiger partial charge in [0, 0.05) is 26.9 Å². The summed E-state index contributed by atoms with van der Waals surface area (Å²) in [5, 5.41) is 3.59. The Bertz CT molecular complexity index is 1160. The minimum absolute atomic E-state index is 0.107. The van der Waals surface area contributed by atoms with E-state index in [0.717, 1.165) is 21.8 Å². The molecule has 164 valence electrons. The predicted octanol–water partition coefficient (Wildman–Crippen LogP) is 6.43. The van der Waals surface area contributed by atoms with Gasteiger partial charge in [0.05, 0.1) is 17.8 Å². The van der Waals surface area contributed by atoms with Crippen LogP contribution < -0.4 is 10.2 Å². The maximum atomic E-state index is 13.6. The molecule has 0 saturated carbocycles. The highest BCUT2D eigenvalue weighted by Crippen LogP contribution is 2.42. The fourth-order valence-corrected chi connectivity index (χ4v) is 4.85. The van der Waals surface area contributed by atoms with Crippen molar-refractivity contribution < 1.29 is 9.59 Å². The molecule has 1 heterocycles. The van der Waals surface area contributed by atoms with Crippen LogP contribution in [0.4, 0.5) is 5.69 Å². The lowest BCUT2D eigenvalue weighted by Gasteiger charge is -2.24. The fourth-order valence-electron chi connectivity index (χ4n) is 3.59. The molecule has 4 nitrogen and oxygen atoms in total. The van der Waals surface area contributed by atoms with Crippen LogP contribution in [-0.4, -0.2) is 18.4 Å². The van der Waals surface area contributed by atoms with E-state index in [9.17, 15) is 9.59 Å². The number of hydrogen-bond donors (Lipinski definition) is 1. The molecule has 0 radical (unpaired) electrons. The number of anilines is 1. The zero-order chi connectivity index (χ0) is 22.7. The van der Waals surface area contributed by atoms with Crippen molar-refractivity contribution >= 4 is 40.9 Å². The summed E-state index contributed by atoms with van der Waals surface area (Å²) in [4.78, 5) is 29.9. The first-order valence-corrected chi connectivity index (χ1v) is 11.9. The molecule has 0 atom stereocenters. The molecule has 0 bridgehead atoms. The third-order valence-corrected chi connectivity index (χ3v) is 6.90. The highest BCUT2D eigenvalue weighted by Gasteiger charge is 2.28. The fraction of sp³-hybridized carbons (Fsp3) is 0.231. The Morgan fingerprint density at radius 3 is 2.56 bits per heavy atom. The number of carbonyl (C=O) groups is 2. The van der Waals surface area contributed by atoms with E-state index in [4.69, 9.17) is 11.6 Å². The summed E-state index contributed by atoms with van der Waals surface area (Å²) in [5.41, 5.74) is 2.75. The van der Waals surface area contributed by atoms with Crippen LogP contribution in [0, 0.1) is 5.92 Å². The monoisotopic (exact) mass is 464 g/mol. The second kappa shape index (κ2) is 9.80. The van der Waals surface area contributed by atoms with Gasteiger partial charge >= 0.3 is 0 Å². The van der Waals surface area contributed by atoms with Gasteiger partial charge < -0.3 is 10.2 Å². The number of hydrogen-bond acceptors (Lipinski definition) is 3. The van der Waals surface area contributed by atoms with Crippen molar-refractivity contribution in [2.75, 3.05) is 11.4 Å². The topological polar surface area (TPSA) is 49.4 Å². The summed E-state index contributed by atoms with van der Waals surface area (Å²) >= 11 is 7.96. The van der Waals surface area contributed by atoms with E-state index in [1.54, 1.807) is 16.7 Å². The first-order valence-electron chi connectivity index (χ1n) is 10.7. The van der Waals surface area contributed by atoms with Crippen LogP contribution in [-0.2, 0) is 6.54 Å². The van der Waals surface area contributed by atoms with Gasteiger partial charge in [-0.25, -0.2) is 0 Å². The highest BCUT2D eigenvalue weighted by atomic mass is 35.5. The van der Waals surface area contributed by atoms with Crippen molar-refractivity contribution in [3.05, 3.63) is 88.4 Å². The van der Waals surface area contributed by atoms with Crippen molar-refractivity contribution in [1.82, 2.24) is 5.32 Å². The van der Waals surface area contributed by atoms with E-state index < -0.39 is 0 Å². The Morgan fingerprint density at radius 2 is 1.78 bits per heavy atom. The standard InChI is InChI=1S/C26H25ClN2O2S/c1-17(2)13-14-28-25(30)18-11-12-24-22(15-18)29(16-19-7-3-5-9-21(19)27)26(31)20-8-4-6-10-23(20)32-24/h3-12,15,17H,13-14,16H2,1-2H3,(H,28,30). The number of halogens is 1. The van der Waals surface area contributed by atoms with Gasteiger partial charge in [-0.3, -0.25) is 9.59 Å². The number of fused-ring (bicyclic) bond motifs is 2. The minimum atomic E-state index is -0.134. The quantitative estimate of drug-likeness (QED) is 0.457. The lowest BCUT2D eigenvalue weighted by Crippen LogP contribution is -2.31. The van der Waals surface area contributed by atoms with Crippen LogP contribution in [0.5, 0.6) is 0 Å². The molecule has 1 N–H and O–H groups in total. The van der Waals surface area contributed by atoms with Crippen LogP contribution in [0.15, 0.2) is 76.5 Å². The number of amides is 2. The van der Waals surface area contributed by atoms with Gasteiger partial charge in [-0.05, 0) is 54.3 Å². The molecular weight excluding hydrogens is 440 g/mol. The number of carbonyl (C=O) groups excluding carboxylic acids is 2. The first kappa shape index (κ1) is 22.4. The molecule has 0 aliphatic carbocycles. The van der Waals surface area contributed by atoms with E-state index in [0.29, 0.717) is 40.8 Å². The van der Waals surface area contributed by atoms with E-state index >= 15 is 0 Å². The van der Waals surface area contributed by atoms with Gasteiger partial charge in [-0.1, -0.05) is 67.5 Å². The average Bonchev–Trinajstić information content (AvgIpc) is 2.89. The lowest BCUT2D eigenvalue weighted by molar-refractivity contribution is 0.0948. The summed E-state index contributed by atoms with van der Waals surface area (Å²) in [6, 6.07) is 20.7. The van der Waals surface area contributed by atoms with Crippen molar-refractivity contribution in [2.24, 2.45) is 5.92 Å². The Hall–Kier alpha value is -2.76.